The highest BCUT2D eigenvalue weighted by Crippen LogP contribution is 2.11. The van der Waals surface area contributed by atoms with Crippen LogP contribution in [0.3, 0.4) is 0 Å². The van der Waals surface area contributed by atoms with Gasteiger partial charge in [-0.3, -0.25) is 4.79 Å². The lowest BCUT2D eigenvalue weighted by Gasteiger charge is -2.09. The summed E-state index contributed by atoms with van der Waals surface area (Å²) in [5, 5.41) is 0. The first-order valence-corrected chi connectivity index (χ1v) is 6.00. The van der Waals surface area contributed by atoms with Crippen molar-refractivity contribution in [3.05, 3.63) is 71.3 Å². The van der Waals surface area contributed by atoms with Crippen LogP contribution < -0.4 is 0 Å². The minimum atomic E-state index is 0. The first kappa shape index (κ1) is 19.0. The molecule has 0 heterocycles. The molecule has 0 fully saturated rings. The molecule has 2 aromatic carbocycles. The van der Waals surface area contributed by atoms with Gasteiger partial charge in [-0.15, -0.1) is 34.0 Å². The molecule has 108 valence electrons. The zero-order valence-electron chi connectivity index (χ0n) is 11.6. The molecule has 0 aromatic heterocycles. The molecule has 0 aliphatic carbocycles. The van der Waals surface area contributed by atoms with E-state index in [2.05, 4.69) is 4.90 Å². The zero-order chi connectivity index (χ0) is 13.0. The maximum absolute atomic E-state index is 12.2. The molecule has 20 heavy (non-hydrogen) atoms. The Bertz CT molecular complexity index is 524. The van der Waals surface area contributed by atoms with E-state index >= 15 is 0 Å². The monoisotopic (exact) mass is 399 g/mol. The molecule has 2 aromatic rings. The molecule has 0 spiro atoms. The summed E-state index contributed by atoms with van der Waals surface area (Å²) in [5.41, 5.74) is 2.69. The second-order valence-corrected chi connectivity index (χ2v) is 4.63. The third-order valence-corrected chi connectivity index (χ3v) is 2.75. The highest BCUT2D eigenvalue weighted by molar-refractivity contribution is 8.93. The number of nitrogens with zero attached hydrogens (tertiary/aromatic N) is 1. The molecule has 0 bridgehead atoms. The summed E-state index contributed by atoms with van der Waals surface area (Å²) in [6.45, 7) is 0.889. The average molecular weight is 401 g/mol. The smallest absolute Gasteiger partial charge is 0.193 e. The SMILES string of the molecule is Br.Br.CN(C)Cc1ccc(C(=O)c2ccccc2)cc1. The molecule has 0 aliphatic heterocycles. The van der Waals surface area contributed by atoms with Crippen molar-refractivity contribution in [2.24, 2.45) is 0 Å². The van der Waals surface area contributed by atoms with Gasteiger partial charge < -0.3 is 4.90 Å². The molecule has 0 N–H and O–H groups in total. The normalized spacial score (nSPS) is 9.55. The summed E-state index contributed by atoms with van der Waals surface area (Å²) in [7, 11) is 4.06. The molecule has 0 radical (unpaired) electrons. The molecule has 0 aliphatic rings. The molecule has 0 atom stereocenters. The second-order valence-electron chi connectivity index (χ2n) is 4.63. The Morgan fingerprint density at radius 3 is 1.85 bits per heavy atom. The Morgan fingerprint density at radius 1 is 0.850 bits per heavy atom. The van der Waals surface area contributed by atoms with Gasteiger partial charge >= 0.3 is 0 Å². The molecular weight excluding hydrogens is 382 g/mol. The summed E-state index contributed by atoms with van der Waals surface area (Å²) in [5.74, 6) is 0.0759. The Morgan fingerprint density at radius 2 is 1.35 bits per heavy atom. The molecule has 2 nitrogen and oxygen atoms in total. The quantitative estimate of drug-likeness (QED) is 0.719. The van der Waals surface area contributed by atoms with Crippen molar-refractivity contribution in [3.8, 4) is 0 Å². The van der Waals surface area contributed by atoms with E-state index in [4.69, 9.17) is 0 Å². The maximum Gasteiger partial charge on any atom is 0.193 e. The van der Waals surface area contributed by atoms with Crippen molar-refractivity contribution in [3.63, 3.8) is 0 Å². The number of benzene rings is 2. The topological polar surface area (TPSA) is 20.3 Å². The van der Waals surface area contributed by atoms with Crippen LogP contribution in [0.5, 0.6) is 0 Å². The van der Waals surface area contributed by atoms with Gasteiger partial charge in [-0.05, 0) is 19.7 Å². The van der Waals surface area contributed by atoms with E-state index in [1.165, 1.54) is 5.56 Å². The first-order valence-electron chi connectivity index (χ1n) is 6.00. The Balaban J connectivity index is 0.00000180. The lowest BCUT2D eigenvalue weighted by atomic mass is 10.0. The number of ketones is 1. The standard InChI is InChI=1S/C16H17NO.2BrH/c1-17(2)12-13-8-10-15(11-9-13)16(18)14-6-4-3-5-7-14;;/h3-11H,12H2,1-2H3;2*1H. The number of carbonyl (C=O) groups is 1. The minimum Gasteiger partial charge on any atom is -0.305 e. The van der Waals surface area contributed by atoms with Crippen molar-refractivity contribution in [1.29, 1.82) is 0 Å². The van der Waals surface area contributed by atoms with Crippen LogP contribution in [0.1, 0.15) is 21.5 Å². The van der Waals surface area contributed by atoms with Crippen molar-refractivity contribution in [2.75, 3.05) is 14.1 Å². The Kier molecular flexibility index (Phi) is 8.62. The van der Waals surface area contributed by atoms with Crippen LogP contribution in [0.4, 0.5) is 0 Å². The first-order chi connectivity index (χ1) is 8.66. The summed E-state index contributed by atoms with van der Waals surface area (Å²) in [4.78, 5) is 14.3. The summed E-state index contributed by atoms with van der Waals surface area (Å²) < 4.78 is 0. The summed E-state index contributed by atoms with van der Waals surface area (Å²) in [6.07, 6.45) is 0. The Labute approximate surface area is 141 Å². The number of hydrogen-bond acceptors (Lipinski definition) is 2. The van der Waals surface area contributed by atoms with Gasteiger partial charge in [0.15, 0.2) is 5.78 Å². The third kappa shape index (κ3) is 5.19. The van der Waals surface area contributed by atoms with E-state index in [0.29, 0.717) is 0 Å². The molecule has 0 saturated heterocycles. The third-order valence-electron chi connectivity index (χ3n) is 2.75. The van der Waals surface area contributed by atoms with Gasteiger partial charge in [-0.1, -0.05) is 54.6 Å². The van der Waals surface area contributed by atoms with E-state index in [1.54, 1.807) is 0 Å². The average Bonchev–Trinajstić information content (AvgIpc) is 2.39. The summed E-state index contributed by atoms with van der Waals surface area (Å²) in [6, 6.07) is 17.2. The lowest BCUT2D eigenvalue weighted by Crippen LogP contribution is -2.10. The molecule has 0 amide bonds. The van der Waals surface area contributed by atoms with Gasteiger partial charge in [-0.2, -0.15) is 0 Å². The number of carbonyl (C=O) groups excluding carboxylic acids is 1. The Hall–Kier alpha value is -0.970. The van der Waals surface area contributed by atoms with E-state index in [1.807, 2.05) is 68.7 Å². The fourth-order valence-electron chi connectivity index (χ4n) is 1.88. The number of rotatable bonds is 4. The van der Waals surface area contributed by atoms with Gasteiger partial charge in [0.25, 0.3) is 0 Å². The van der Waals surface area contributed by atoms with E-state index < -0.39 is 0 Å². The van der Waals surface area contributed by atoms with E-state index in [9.17, 15) is 4.79 Å². The minimum absolute atomic E-state index is 0. The second kappa shape index (κ2) is 9.06. The number of hydrogen-bond donors (Lipinski definition) is 0. The van der Waals surface area contributed by atoms with Crippen molar-refractivity contribution < 1.29 is 4.79 Å². The van der Waals surface area contributed by atoms with Gasteiger partial charge in [0, 0.05) is 17.7 Å². The predicted octanol–water partition coefficient (Wildman–Crippen LogP) is 4.14. The van der Waals surface area contributed by atoms with E-state index in [0.717, 1.165) is 17.7 Å². The van der Waals surface area contributed by atoms with Crippen LogP contribution in [0.2, 0.25) is 0 Å². The van der Waals surface area contributed by atoms with Crippen molar-refractivity contribution >= 4 is 39.7 Å². The van der Waals surface area contributed by atoms with Gasteiger partial charge in [0.2, 0.25) is 0 Å². The largest absolute Gasteiger partial charge is 0.305 e. The van der Waals surface area contributed by atoms with Crippen LogP contribution in [0, 0.1) is 0 Å². The lowest BCUT2D eigenvalue weighted by molar-refractivity contribution is 0.103. The molecule has 0 unspecified atom stereocenters. The van der Waals surface area contributed by atoms with Crippen LogP contribution in [0.15, 0.2) is 54.6 Å². The van der Waals surface area contributed by atoms with Gasteiger partial charge in [0.05, 0.1) is 0 Å². The van der Waals surface area contributed by atoms with Crippen molar-refractivity contribution in [2.45, 2.75) is 6.54 Å². The zero-order valence-corrected chi connectivity index (χ0v) is 15.0. The van der Waals surface area contributed by atoms with Crippen LogP contribution in [-0.4, -0.2) is 24.8 Å². The van der Waals surface area contributed by atoms with Gasteiger partial charge in [0.1, 0.15) is 0 Å². The maximum atomic E-state index is 12.2. The molecule has 2 rings (SSSR count). The highest BCUT2D eigenvalue weighted by atomic mass is 79.9. The van der Waals surface area contributed by atoms with Crippen molar-refractivity contribution in [1.82, 2.24) is 4.90 Å². The van der Waals surface area contributed by atoms with Crippen LogP contribution in [0.25, 0.3) is 0 Å². The fraction of sp³-hybridized carbons (Fsp3) is 0.188. The highest BCUT2D eigenvalue weighted by Gasteiger charge is 2.07. The predicted molar refractivity (Wildman–Crippen MR) is 94.4 cm³/mol. The van der Waals surface area contributed by atoms with Crippen LogP contribution >= 0.6 is 34.0 Å². The molecule has 0 saturated carbocycles. The molecular formula is C16H19Br2NO. The number of halogens is 2. The van der Waals surface area contributed by atoms with Gasteiger partial charge in [-0.25, -0.2) is 0 Å². The summed E-state index contributed by atoms with van der Waals surface area (Å²) >= 11 is 0. The van der Waals surface area contributed by atoms with E-state index in [-0.39, 0.29) is 39.7 Å². The van der Waals surface area contributed by atoms with Crippen LogP contribution in [-0.2, 0) is 6.54 Å². The molecule has 4 heteroatoms. The fourth-order valence-corrected chi connectivity index (χ4v) is 1.88.